The third kappa shape index (κ3) is 8.15. The number of hydrogen-bond acceptors (Lipinski definition) is 3. The molecule has 1 amide bonds. The van der Waals surface area contributed by atoms with Crippen molar-refractivity contribution in [1.29, 1.82) is 0 Å². The third-order valence-corrected chi connectivity index (χ3v) is 2.15. The number of hydrogen-bond donors (Lipinski definition) is 2. The average molecular weight is 214 g/mol. The second-order valence-corrected chi connectivity index (χ2v) is 3.56. The van der Waals surface area contributed by atoms with Gasteiger partial charge in [0.15, 0.2) is 0 Å². The number of carbonyl (C=O) groups is 1. The molecule has 0 bridgehead atoms. The molecule has 0 aliphatic carbocycles. The monoisotopic (exact) mass is 214 g/mol. The summed E-state index contributed by atoms with van der Waals surface area (Å²) < 4.78 is 0. The molecule has 1 atom stereocenters. The van der Waals surface area contributed by atoms with E-state index < -0.39 is 6.10 Å². The van der Waals surface area contributed by atoms with E-state index in [0.29, 0.717) is 13.1 Å². The first kappa shape index (κ1) is 14.1. The van der Waals surface area contributed by atoms with Crippen LogP contribution >= 0.6 is 0 Å². The van der Waals surface area contributed by atoms with Crippen molar-refractivity contribution in [2.45, 2.75) is 26.4 Å². The summed E-state index contributed by atoms with van der Waals surface area (Å²) in [5.41, 5.74) is 0. The largest absolute Gasteiger partial charge is 0.390 e. The highest BCUT2D eigenvalue weighted by atomic mass is 16.3. The molecule has 0 aromatic rings. The highest BCUT2D eigenvalue weighted by Crippen LogP contribution is 1.94. The summed E-state index contributed by atoms with van der Waals surface area (Å²) in [6.07, 6.45) is 2.28. The number of aliphatic hydroxyl groups is 1. The maximum Gasteiger partial charge on any atom is 0.216 e. The van der Waals surface area contributed by atoms with E-state index in [2.05, 4.69) is 16.8 Å². The van der Waals surface area contributed by atoms with Crippen LogP contribution in [0.1, 0.15) is 20.3 Å². The molecule has 0 unspecified atom stereocenters. The number of aliphatic hydroxyl groups excluding tert-OH is 1. The lowest BCUT2D eigenvalue weighted by atomic mass is 10.3. The van der Waals surface area contributed by atoms with Crippen LogP contribution < -0.4 is 5.32 Å². The summed E-state index contributed by atoms with van der Waals surface area (Å²) in [7, 11) is 0. The van der Waals surface area contributed by atoms with Gasteiger partial charge in [-0.15, -0.1) is 6.58 Å². The zero-order chi connectivity index (χ0) is 11.7. The molecule has 4 heteroatoms. The number of amides is 1. The van der Waals surface area contributed by atoms with Crippen molar-refractivity contribution in [3.63, 3.8) is 0 Å². The highest BCUT2D eigenvalue weighted by molar-refractivity contribution is 5.72. The van der Waals surface area contributed by atoms with Gasteiger partial charge in [0.05, 0.1) is 6.10 Å². The van der Waals surface area contributed by atoms with Crippen LogP contribution in [0.25, 0.3) is 0 Å². The molecular formula is C11H22N2O2. The first-order chi connectivity index (χ1) is 7.10. The number of likely N-dealkylation sites (N-methyl/N-ethyl adjacent to an activating group) is 1. The van der Waals surface area contributed by atoms with Crippen molar-refractivity contribution in [2.75, 3.05) is 26.2 Å². The van der Waals surface area contributed by atoms with Crippen LogP contribution in [0.3, 0.4) is 0 Å². The Morgan fingerprint density at radius 2 is 2.33 bits per heavy atom. The van der Waals surface area contributed by atoms with Gasteiger partial charge in [-0.3, -0.25) is 4.79 Å². The number of nitrogens with one attached hydrogen (secondary N) is 1. The summed E-state index contributed by atoms with van der Waals surface area (Å²) >= 11 is 0. The fraction of sp³-hybridized carbons (Fsp3) is 0.727. The van der Waals surface area contributed by atoms with Crippen LogP contribution in [0.2, 0.25) is 0 Å². The summed E-state index contributed by atoms with van der Waals surface area (Å²) in [5, 5.41) is 12.2. The van der Waals surface area contributed by atoms with Crippen molar-refractivity contribution in [2.24, 2.45) is 0 Å². The summed E-state index contributed by atoms with van der Waals surface area (Å²) in [4.78, 5) is 12.8. The first-order valence-electron chi connectivity index (χ1n) is 5.35. The molecule has 0 saturated heterocycles. The Balaban J connectivity index is 3.73. The van der Waals surface area contributed by atoms with E-state index in [1.165, 1.54) is 6.92 Å². The second kappa shape index (κ2) is 8.44. The van der Waals surface area contributed by atoms with E-state index in [9.17, 15) is 9.90 Å². The molecular weight excluding hydrogens is 192 g/mol. The number of nitrogens with zero attached hydrogens (tertiary/aromatic N) is 1. The molecule has 0 rings (SSSR count). The predicted octanol–water partition coefficient (Wildman–Crippen LogP) is 0.381. The molecule has 0 radical (unpaired) electrons. The quantitative estimate of drug-likeness (QED) is 0.574. The van der Waals surface area contributed by atoms with E-state index in [1.807, 2.05) is 13.0 Å². The zero-order valence-corrected chi connectivity index (χ0v) is 9.70. The minimum Gasteiger partial charge on any atom is -0.390 e. The maximum atomic E-state index is 10.6. The molecule has 0 saturated carbocycles. The van der Waals surface area contributed by atoms with Crippen LogP contribution in [0.4, 0.5) is 0 Å². The molecule has 4 nitrogen and oxygen atoms in total. The van der Waals surface area contributed by atoms with Crippen molar-refractivity contribution in [1.82, 2.24) is 10.2 Å². The van der Waals surface area contributed by atoms with Crippen molar-refractivity contribution in [3.05, 3.63) is 12.7 Å². The maximum absolute atomic E-state index is 10.6. The molecule has 0 aliphatic heterocycles. The van der Waals surface area contributed by atoms with Gasteiger partial charge in [0, 0.05) is 26.6 Å². The normalized spacial score (nSPS) is 12.5. The van der Waals surface area contributed by atoms with Crippen molar-refractivity contribution >= 4 is 5.91 Å². The van der Waals surface area contributed by atoms with E-state index in [0.717, 1.165) is 19.5 Å². The van der Waals surface area contributed by atoms with Gasteiger partial charge in [-0.05, 0) is 13.0 Å². The van der Waals surface area contributed by atoms with Gasteiger partial charge in [0.1, 0.15) is 0 Å². The Hall–Kier alpha value is -0.870. The minimum atomic E-state index is -0.501. The lowest BCUT2D eigenvalue weighted by Crippen LogP contribution is -2.39. The van der Waals surface area contributed by atoms with Crippen LogP contribution in [-0.4, -0.2) is 48.2 Å². The van der Waals surface area contributed by atoms with Gasteiger partial charge in [0.2, 0.25) is 5.91 Å². The van der Waals surface area contributed by atoms with Gasteiger partial charge in [-0.1, -0.05) is 13.0 Å². The Bertz CT molecular complexity index is 195. The summed E-state index contributed by atoms with van der Waals surface area (Å²) in [5.74, 6) is -0.108. The van der Waals surface area contributed by atoms with Crippen LogP contribution in [0, 0.1) is 0 Å². The smallest absolute Gasteiger partial charge is 0.216 e. The molecule has 0 fully saturated rings. The van der Waals surface area contributed by atoms with Gasteiger partial charge in [-0.2, -0.15) is 0 Å². The van der Waals surface area contributed by atoms with Crippen LogP contribution in [0.5, 0.6) is 0 Å². The van der Waals surface area contributed by atoms with Gasteiger partial charge < -0.3 is 15.3 Å². The predicted molar refractivity (Wildman–Crippen MR) is 61.6 cm³/mol. The zero-order valence-electron chi connectivity index (χ0n) is 9.70. The lowest BCUT2D eigenvalue weighted by molar-refractivity contribution is -0.119. The van der Waals surface area contributed by atoms with Crippen LogP contribution in [-0.2, 0) is 4.79 Å². The lowest BCUT2D eigenvalue weighted by Gasteiger charge is -2.23. The molecule has 2 N–H and O–H groups in total. The topological polar surface area (TPSA) is 52.6 Å². The number of rotatable bonds is 8. The molecule has 0 heterocycles. The molecule has 0 aromatic carbocycles. The highest BCUT2D eigenvalue weighted by Gasteiger charge is 2.09. The molecule has 0 spiro atoms. The average Bonchev–Trinajstić information content (AvgIpc) is 2.21. The van der Waals surface area contributed by atoms with Crippen molar-refractivity contribution < 1.29 is 9.90 Å². The van der Waals surface area contributed by atoms with E-state index in [1.54, 1.807) is 0 Å². The summed E-state index contributed by atoms with van der Waals surface area (Å²) in [6.45, 7) is 9.86. The van der Waals surface area contributed by atoms with E-state index >= 15 is 0 Å². The Morgan fingerprint density at radius 1 is 1.67 bits per heavy atom. The molecule has 88 valence electrons. The fourth-order valence-corrected chi connectivity index (χ4v) is 1.28. The fourth-order valence-electron chi connectivity index (χ4n) is 1.28. The van der Waals surface area contributed by atoms with Crippen LogP contribution in [0.15, 0.2) is 12.7 Å². The second-order valence-electron chi connectivity index (χ2n) is 3.56. The number of carbonyl (C=O) groups excluding carboxylic acids is 1. The standard InChI is InChI=1S/C11H22N2O2/c1-4-6-7-13(5-2)9-11(15)8-12-10(3)14/h4,11,15H,1,5-9H2,2-3H3,(H,12,14)/t11-/m1/s1. The Kier molecular flexibility index (Phi) is 7.95. The summed E-state index contributed by atoms with van der Waals surface area (Å²) in [6, 6.07) is 0. The minimum absolute atomic E-state index is 0.108. The van der Waals surface area contributed by atoms with Crippen molar-refractivity contribution in [3.8, 4) is 0 Å². The first-order valence-corrected chi connectivity index (χ1v) is 5.35. The molecule has 0 aliphatic rings. The Morgan fingerprint density at radius 3 is 2.80 bits per heavy atom. The third-order valence-electron chi connectivity index (χ3n) is 2.15. The van der Waals surface area contributed by atoms with Gasteiger partial charge >= 0.3 is 0 Å². The van der Waals surface area contributed by atoms with E-state index in [-0.39, 0.29) is 5.91 Å². The van der Waals surface area contributed by atoms with Gasteiger partial charge in [-0.25, -0.2) is 0 Å². The SMILES string of the molecule is C=CCCN(CC)C[C@H](O)CNC(C)=O. The van der Waals surface area contributed by atoms with E-state index in [4.69, 9.17) is 0 Å². The molecule has 15 heavy (non-hydrogen) atoms. The van der Waals surface area contributed by atoms with Gasteiger partial charge in [0.25, 0.3) is 0 Å². The molecule has 0 aromatic heterocycles. The Labute approximate surface area is 92.0 Å².